The molecule has 0 unspecified atom stereocenters. The second kappa shape index (κ2) is 11.0. The van der Waals surface area contributed by atoms with Gasteiger partial charge in [-0.15, -0.1) is 0 Å². The van der Waals surface area contributed by atoms with Gasteiger partial charge in [-0.1, -0.05) is 24.3 Å². The van der Waals surface area contributed by atoms with Crippen LogP contribution in [0.1, 0.15) is 29.3 Å². The molecular weight excluding hydrogens is 354 g/mol. The Hall–Kier alpha value is -3.02. The molecule has 0 bridgehead atoms. The summed E-state index contributed by atoms with van der Waals surface area (Å²) in [6, 6.07) is 15.4. The molecule has 150 valence electrons. The third kappa shape index (κ3) is 6.61. The number of rotatable bonds is 10. The first-order chi connectivity index (χ1) is 13.5. The van der Waals surface area contributed by atoms with Gasteiger partial charge in [-0.25, -0.2) is 0 Å². The van der Waals surface area contributed by atoms with Gasteiger partial charge in [0.15, 0.2) is 0 Å². The summed E-state index contributed by atoms with van der Waals surface area (Å²) >= 11 is 0. The average Bonchev–Trinajstić information content (AvgIpc) is 2.70. The third-order valence-corrected chi connectivity index (χ3v) is 4.26. The fourth-order valence-electron chi connectivity index (χ4n) is 2.73. The van der Waals surface area contributed by atoms with E-state index in [0.717, 1.165) is 12.8 Å². The Bertz CT molecular complexity index is 773. The van der Waals surface area contributed by atoms with Gasteiger partial charge < -0.3 is 20.3 Å². The van der Waals surface area contributed by atoms with Crippen molar-refractivity contribution >= 4 is 17.5 Å². The molecule has 0 aliphatic carbocycles. The smallest absolute Gasteiger partial charge is 0.255 e. The molecule has 0 aliphatic rings. The summed E-state index contributed by atoms with van der Waals surface area (Å²) in [6.45, 7) is 2.85. The molecule has 2 N–H and O–H groups in total. The van der Waals surface area contributed by atoms with Crippen molar-refractivity contribution in [3.8, 4) is 5.75 Å². The van der Waals surface area contributed by atoms with Crippen molar-refractivity contribution in [2.75, 3.05) is 38.7 Å². The van der Waals surface area contributed by atoms with Gasteiger partial charge in [0, 0.05) is 26.3 Å². The first-order valence-electron chi connectivity index (χ1n) is 9.54. The van der Waals surface area contributed by atoms with Crippen LogP contribution < -0.4 is 20.3 Å². The summed E-state index contributed by atoms with van der Waals surface area (Å²) in [5.74, 6) is -0.00595. The number of amides is 2. The van der Waals surface area contributed by atoms with E-state index in [0.29, 0.717) is 24.5 Å². The molecule has 0 fully saturated rings. The average molecular weight is 383 g/mol. The van der Waals surface area contributed by atoms with Crippen molar-refractivity contribution < 1.29 is 14.3 Å². The second-order valence-electron chi connectivity index (χ2n) is 6.63. The number of benzene rings is 2. The molecule has 28 heavy (non-hydrogen) atoms. The zero-order valence-corrected chi connectivity index (χ0v) is 16.8. The van der Waals surface area contributed by atoms with Gasteiger partial charge in [0.2, 0.25) is 5.91 Å². The Labute approximate surface area is 166 Å². The van der Waals surface area contributed by atoms with Gasteiger partial charge in [0.1, 0.15) is 5.75 Å². The molecule has 0 spiro atoms. The molecule has 0 saturated heterocycles. The monoisotopic (exact) mass is 383 g/mol. The van der Waals surface area contributed by atoms with E-state index >= 15 is 0 Å². The predicted octanol–water partition coefficient (Wildman–Crippen LogP) is 2.63. The first kappa shape index (κ1) is 21.3. The van der Waals surface area contributed by atoms with Crippen LogP contribution in [-0.4, -0.2) is 45.6 Å². The Balaban J connectivity index is 1.69. The standard InChI is InChI=1S/C22H29N3O3/c1-4-28-20-10-6-5-9-19(20)22(27)24-16-21(26)23-15-7-8-17-11-13-18(14-12-17)25(2)3/h5-6,9-14H,4,7-8,15-16H2,1-3H3,(H,23,26)(H,24,27). The molecule has 6 nitrogen and oxygen atoms in total. The fraction of sp³-hybridized carbons (Fsp3) is 0.364. The normalized spacial score (nSPS) is 10.2. The molecule has 0 aliphatic heterocycles. The highest BCUT2D eigenvalue weighted by atomic mass is 16.5. The van der Waals surface area contributed by atoms with Crippen molar-refractivity contribution in [2.24, 2.45) is 0 Å². The highest BCUT2D eigenvalue weighted by Gasteiger charge is 2.12. The summed E-state index contributed by atoms with van der Waals surface area (Å²) in [6.07, 6.45) is 1.73. The molecule has 0 saturated carbocycles. The number of hydrogen-bond donors (Lipinski definition) is 2. The minimum Gasteiger partial charge on any atom is -0.493 e. The maximum Gasteiger partial charge on any atom is 0.255 e. The molecule has 0 radical (unpaired) electrons. The number of aryl methyl sites for hydroxylation is 1. The zero-order chi connectivity index (χ0) is 20.4. The lowest BCUT2D eigenvalue weighted by Crippen LogP contribution is -2.37. The number of para-hydroxylation sites is 1. The number of anilines is 1. The van der Waals surface area contributed by atoms with E-state index in [-0.39, 0.29) is 18.4 Å². The van der Waals surface area contributed by atoms with Crippen LogP contribution in [0, 0.1) is 0 Å². The van der Waals surface area contributed by atoms with Crippen LogP contribution in [-0.2, 0) is 11.2 Å². The van der Waals surface area contributed by atoms with Gasteiger partial charge in [-0.2, -0.15) is 0 Å². The number of carbonyl (C=O) groups is 2. The fourth-order valence-corrected chi connectivity index (χ4v) is 2.73. The molecule has 2 rings (SSSR count). The highest BCUT2D eigenvalue weighted by molar-refractivity contribution is 5.98. The third-order valence-electron chi connectivity index (χ3n) is 4.26. The van der Waals surface area contributed by atoms with Crippen molar-refractivity contribution in [1.29, 1.82) is 0 Å². The number of ether oxygens (including phenoxy) is 1. The Morgan fingerprint density at radius 1 is 1.00 bits per heavy atom. The molecule has 2 aromatic rings. The molecular formula is C22H29N3O3. The van der Waals surface area contributed by atoms with Crippen LogP contribution in [0.2, 0.25) is 0 Å². The maximum atomic E-state index is 12.3. The van der Waals surface area contributed by atoms with E-state index in [1.807, 2.05) is 27.1 Å². The Morgan fingerprint density at radius 2 is 1.71 bits per heavy atom. The van der Waals surface area contributed by atoms with Crippen LogP contribution in [0.15, 0.2) is 48.5 Å². The summed E-state index contributed by atoms with van der Waals surface area (Å²) in [7, 11) is 4.03. The Kier molecular flexibility index (Phi) is 8.34. The van der Waals surface area contributed by atoms with E-state index in [9.17, 15) is 9.59 Å². The van der Waals surface area contributed by atoms with E-state index in [1.165, 1.54) is 11.3 Å². The first-order valence-corrected chi connectivity index (χ1v) is 9.54. The van der Waals surface area contributed by atoms with Crippen LogP contribution in [0.5, 0.6) is 5.75 Å². The van der Waals surface area contributed by atoms with Crippen LogP contribution in [0.25, 0.3) is 0 Å². The lowest BCUT2D eigenvalue weighted by atomic mass is 10.1. The second-order valence-corrected chi connectivity index (χ2v) is 6.63. The predicted molar refractivity (Wildman–Crippen MR) is 112 cm³/mol. The largest absolute Gasteiger partial charge is 0.493 e. The lowest BCUT2D eigenvalue weighted by molar-refractivity contribution is -0.120. The van der Waals surface area contributed by atoms with E-state index in [2.05, 4.69) is 39.8 Å². The molecule has 0 heterocycles. The van der Waals surface area contributed by atoms with Gasteiger partial charge >= 0.3 is 0 Å². The summed E-state index contributed by atoms with van der Waals surface area (Å²) in [4.78, 5) is 26.3. The van der Waals surface area contributed by atoms with Crippen LogP contribution >= 0.6 is 0 Å². The number of carbonyl (C=O) groups excluding carboxylic acids is 2. The summed E-state index contributed by atoms with van der Waals surface area (Å²) < 4.78 is 5.44. The molecule has 6 heteroatoms. The minimum atomic E-state index is -0.319. The number of nitrogens with zero attached hydrogens (tertiary/aromatic N) is 1. The van der Waals surface area contributed by atoms with Crippen molar-refractivity contribution in [1.82, 2.24) is 10.6 Å². The quantitative estimate of drug-likeness (QED) is 0.619. The van der Waals surface area contributed by atoms with Crippen molar-refractivity contribution in [3.05, 3.63) is 59.7 Å². The molecule has 0 atom stereocenters. The van der Waals surface area contributed by atoms with E-state index in [1.54, 1.807) is 18.2 Å². The van der Waals surface area contributed by atoms with Gasteiger partial charge in [-0.05, 0) is 49.6 Å². The highest BCUT2D eigenvalue weighted by Crippen LogP contribution is 2.17. The lowest BCUT2D eigenvalue weighted by Gasteiger charge is -2.13. The van der Waals surface area contributed by atoms with Gasteiger partial charge in [0.05, 0.1) is 18.7 Å². The molecule has 0 aromatic heterocycles. The molecule has 2 aromatic carbocycles. The SMILES string of the molecule is CCOc1ccccc1C(=O)NCC(=O)NCCCc1ccc(N(C)C)cc1. The minimum absolute atomic E-state index is 0.0587. The molecule has 2 amide bonds. The van der Waals surface area contributed by atoms with E-state index in [4.69, 9.17) is 4.74 Å². The topological polar surface area (TPSA) is 70.7 Å². The van der Waals surface area contributed by atoms with Gasteiger partial charge in [0.25, 0.3) is 5.91 Å². The Morgan fingerprint density at radius 3 is 2.39 bits per heavy atom. The van der Waals surface area contributed by atoms with Crippen molar-refractivity contribution in [3.63, 3.8) is 0 Å². The number of hydrogen-bond acceptors (Lipinski definition) is 4. The summed E-state index contributed by atoms with van der Waals surface area (Å²) in [5, 5.41) is 5.47. The van der Waals surface area contributed by atoms with Gasteiger partial charge in [-0.3, -0.25) is 9.59 Å². The zero-order valence-electron chi connectivity index (χ0n) is 16.8. The number of nitrogens with one attached hydrogen (secondary N) is 2. The van der Waals surface area contributed by atoms with E-state index < -0.39 is 0 Å². The maximum absolute atomic E-state index is 12.3. The van der Waals surface area contributed by atoms with Crippen LogP contribution in [0.4, 0.5) is 5.69 Å². The van der Waals surface area contributed by atoms with Crippen molar-refractivity contribution in [2.45, 2.75) is 19.8 Å². The summed E-state index contributed by atoms with van der Waals surface area (Å²) in [5.41, 5.74) is 2.83. The van der Waals surface area contributed by atoms with Crippen LogP contribution in [0.3, 0.4) is 0 Å².